The van der Waals surface area contributed by atoms with Gasteiger partial charge in [0.05, 0.1) is 6.54 Å². The average Bonchev–Trinajstić information content (AvgIpc) is 2.79. The molecule has 5 heteroatoms. The quantitative estimate of drug-likeness (QED) is 0.504. The first kappa shape index (κ1) is 15.4. The van der Waals surface area contributed by atoms with E-state index in [2.05, 4.69) is 22.5 Å². The predicted molar refractivity (Wildman–Crippen MR) is 84.0 cm³/mol. The fourth-order valence-electron chi connectivity index (χ4n) is 2.18. The number of aryl methyl sites for hydroxylation is 1. The number of hydrogen-bond acceptors (Lipinski definition) is 2. The molecule has 0 saturated heterocycles. The van der Waals surface area contributed by atoms with Crippen LogP contribution in [0.25, 0.3) is 11.0 Å². The van der Waals surface area contributed by atoms with Crippen molar-refractivity contribution in [1.29, 1.82) is 0 Å². The highest BCUT2D eigenvalue weighted by molar-refractivity contribution is 5.83. The fourth-order valence-corrected chi connectivity index (χ4v) is 2.18. The summed E-state index contributed by atoms with van der Waals surface area (Å²) in [6.45, 7) is 5.50. The number of nitrogens with zero attached hydrogens (tertiary/aromatic N) is 1. The van der Waals surface area contributed by atoms with Gasteiger partial charge in [-0.25, -0.2) is 4.39 Å². The second-order valence-electron chi connectivity index (χ2n) is 5.00. The van der Waals surface area contributed by atoms with Crippen molar-refractivity contribution in [3.8, 4) is 0 Å². The van der Waals surface area contributed by atoms with E-state index in [0.717, 1.165) is 42.1 Å². The third-order valence-corrected chi connectivity index (χ3v) is 3.46. The van der Waals surface area contributed by atoms with E-state index in [1.54, 1.807) is 13.1 Å². The zero-order valence-electron chi connectivity index (χ0n) is 12.8. The summed E-state index contributed by atoms with van der Waals surface area (Å²) in [5.41, 5.74) is 1.67. The van der Waals surface area contributed by atoms with Gasteiger partial charge < -0.3 is 15.1 Å². The minimum absolute atomic E-state index is 0.247. The van der Waals surface area contributed by atoms with E-state index in [1.807, 2.05) is 6.92 Å². The van der Waals surface area contributed by atoms with Gasteiger partial charge in [-0.2, -0.15) is 0 Å². The van der Waals surface area contributed by atoms with Gasteiger partial charge in [0, 0.05) is 24.5 Å². The number of halogens is 1. The number of rotatable bonds is 5. The summed E-state index contributed by atoms with van der Waals surface area (Å²) < 4.78 is 19.0. The Hall–Kier alpha value is -2.04. The Morgan fingerprint density at radius 3 is 2.86 bits per heavy atom. The zero-order valence-corrected chi connectivity index (χ0v) is 12.8. The maximum Gasteiger partial charge on any atom is 0.191 e. The molecule has 0 aliphatic heterocycles. The lowest BCUT2D eigenvalue weighted by atomic mass is 10.1. The molecule has 0 aliphatic carbocycles. The molecule has 114 valence electrons. The fraction of sp³-hybridized carbons (Fsp3) is 0.438. The van der Waals surface area contributed by atoms with E-state index < -0.39 is 0 Å². The maximum absolute atomic E-state index is 13.3. The van der Waals surface area contributed by atoms with Gasteiger partial charge in [0.15, 0.2) is 5.96 Å². The summed E-state index contributed by atoms with van der Waals surface area (Å²) in [6.07, 6.45) is 2.24. The van der Waals surface area contributed by atoms with Crippen molar-refractivity contribution in [2.24, 2.45) is 4.99 Å². The van der Waals surface area contributed by atoms with Gasteiger partial charge in [-0.15, -0.1) is 0 Å². The molecular formula is C16H22FN3O. The van der Waals surface area contributed by atoms with Crippen molar-refractivity contribution in [1.82, 2.24) is 10.6 Å². The van der Waals surface area contributed by atoms with Crippen LogP contribution >= 0.6 is 0 Å². The van der Waals surface area contributed by atoms with Crippen molar-refractivity contribution < 1.29 is 8.81 Å². The van der Waals surface area contributed by atoms with Crippen molar-refractivity contribution >= 4 is 16.9 Å². The third kappa shape index (κ3) is 3.74. The lowest BCUT2D eigenvalue weighted by Crippen LogP contribution is -2.37. The normalized spacial score (nSPS) is 11.9. The lowest BCUT2D eigenvalue weighted by Gasteiger charge is -2.10. The van der Waals surface area contributed by atoms with E-state index >= 15 is 0 Å². The molecule has 1 aromatic carbocycles. The van der Waals surface area contributed by atoms with Gasteiger partial charge in [-0.1, -0.05) is 13.3 Å². The van der Waals surface area contributed by atoms with Crippen LogP contribution in [0.3, 0.4) is 0 Å². The molecule has 0 radical (unpaired) electrons. The monoisotopic (exact) mass is 291 g/mol. The molecule has 1 heterocycles. The molecule has 0 spiro atoms. The highest BCUT2D eigenvalue weighted by atomic mass is 19.1. The van der Waals surface area contributed by atoms with E-state index in [4.69, 9.17) is 4.42 Å². The van der Waals surface area contributed by atoms with E-state index in [1.165, 1.54) is 12.1 Å². The molecule has 0 unspecified atom stereocenters. The van der Waals surface area contributed by atoms with Crippen molar-refractivity contribution in [3.05, 3.63) is 35.3 Å². The molecule has 0 fully saturated rings. The molecule has 21 heavy (non-hydrogen) atoms. The molecule has 0 atom stereocenters. The molecule has 2 rings (SSSR count). The smallest absolute Gasteiger partial charge is 0.191 e. The van der Waals surface area contributed by atoms with Gasteiger partial charge in [0.2, 0.25) is 0 Å². The summed E-state index contributed by atoms with van der Waals surface area (Å²) in [6, 6.07) is 4.58. The second kappa shape index (κ2) is 7.11. The first-order valence-electron chi connectivity index (χ1n) is 7.27. The lowest BCUT2D eigenvalue weighted by molar-refractivity contribution is 0.533. The van der Waals surface area contributed by atoms with Gasteiger partial charge in [0.1, 0.15) is 17.2 Å². The van der Waals surface area contributed by atoms with Gasteiger partial charge in [-0.3, -0.25) is 4.99 Å². The summed E-state index contributed by atoms with van der Waals surface area (Å²) in [5.74, 6) is 1.30. The van der Waals surface area contributed by atoms with E-state index in [0.29, 0.717) is 12.1 Å². The SMILES string of the molecule is CCCCNC(=NC)NCc1oc2ccc(F)cc2c1C. The summed E-state index contributed by atoms with van der Waals surface area (Å²) >= 11 is 0. The number of fused-ring (bicyclic) bond motifs is 1. The molecule has 2 aromatic rings. The second-order valence-corrected chi connectivity index (χ2v) is 5.00. The maximum atomic E-state index is 13.3. The predicted octanol–water partition coefficient (Wildman–Crippen LogP) is 3.35. The minimum atomic E-state index is -0.247. The minimum Gasteiger partial charge on any atom is -0.459 e. The third-order valence-electron chi connectivity index (χ3n) is 3.46. The zero-order chi connectivity index (χ0) is 15.2. The molecular weight excluding hydrogens is 269 g/mol. The molecule has 1 aromatic heterocycles. The molecule has 4 nitrogen and oxygen atoms in total. The number of unbranched alkanes of at least 4 members (excludes halogenated alkanes) is 1. The van der Waals surface area contributed by atoms with Crippen LogP contribution in [0.2, 0.25) is 0 Å². The molecule has 0 amide bonds. The van der Waals surface area contributed by atoms with Crippen LogP contribution in [0.1, 0.15) is 31.1 Å². The van der Waals surface area contributed by atoms with Crippen LogP contribution in [0.5, 0.6) is 0 Å². The summed E-state index contributed by atoms with van der Waals surface area (Å²) in [7, 11) is 1.74. The Morgan fingerprint density at radius 1 is 1.33 bits per heavy atom. The Bertz CT molecular complexity index is 634. The van der Waals surface area contributed by atoms with Crippen LogP contribution in [-0.2, 0) is 6.54 Å². The molecule has 0 aliphatic rings. The van der Waals surface area contributed by atoms with Crippen molar-refractivity contribution in [2.75, 3.05) is 13.6 Å². The van der Waals surface area contributed by atoms with Crippen molar-refractivity contribution in [3.63, 3.8) is 0 Å². The highest BCUT2D eigenvalue weighted by Crippen LogP contribution is 2.25. The van der Waals surface area contributed by atoms with Crippen LogP contribution < -0.4 is 10.6 Å². The first-order chi connectivity index (χ1) is 10.2. The molecule has 0 saturated carbocycles. The topological polar surface area (TPSA) is 49.6 Å². The number of nitrogens with one attached hydrogen (secondary N) is 2. The standard InChI is InChI=1S/C16H22FN3O/c1-4-5-8-19-16(18-3)20-10-15-11(2)13-9-12(17)6-7-14(13)21-15/h6-7,9H,4-5,8,10H2,1-3H3,(H2,18,19,20). The Morgan fingerprint density at radius 2 is 2.14 bits per heavy atom. The first-order valence-corrected chi connectivity index (χ1v) is 7.27. The van der Waals surface area contributed by atoms with Gasteiger partial charge >= 0.3 is 0 Å². The van der Waals surface area contributed by atoms with Gasteiger partial charge in [-0.05, 0) is 31.5 Å². The number of aliphatic imine (C=N–C) groups is 1. The molecule has 2 N–H and O–H groups in total. The number of furan rings is 1. The van der Waals surface area contributed by atoms with Crippen LogP contribution in [-0.4, -0.2) is 19.6 Å². The van der Waals surface area contributed by atoms with E-state index in [9.17, 15) is 4.39 Å². The van der Waals surface area contributed by atoms with Crippen LogP contribution in [0.15, 0.2) is 27.6 Å². The number of guanidine groups is 1. The Labute approximate surface area is 124 Å². The largest absolute Gasteiger partial charge is 0.459 e. The highest BCUT2D eigenvalue weighted by Gasteiger charge is 2.11. The van der Waals surface area contributed by atoms with Crippen LogP contribution in [0, 0.1) is 12.7 Å². The Kier molecular flexibility index (Phi) is 5.20. The van der Waals surface area contributed by atoms with E-state index in [-0.39, 0.29) is 5.82 Å². The summed E-state index contributed by atoms with van der Waals surface area (Å²) in [5, 5.41) is 7.27. The number of hydrogen-bond donors (Lipinski definition) is 2. The van der Waals surface area contributed by atoms with Gasteiger partial charge in [0.25, 0.3) is 0 Å². The van der Waals surface area contributed by atoms with Crippen LogP contribution in [0.4, 0.5) is 4.39 Å². The number of benzene rings is 1. The summed E-state index contributed by atoms with van der Waals surface area (Å²) in [4.78, 5) is 4.17. The molecule has 0 bridgehead atoms. The Balaban J connectivity index is 2.04. The van der Waals surface area contributed by atoms with Crippen molar-refractivity contribution in [2.45, 2.75) is 33.2 Å². The average molecular weight is 291 g/mol.